The fourth-order valence-corrected chi connectivity index (χ4v) is 2.37. The summed E-state index contributed by atoms with van der Waals surface area (Å²) in [5.41, 5.74) is 7.65. The third-order valence-corrected chi connectivity index (χ3v) is 3.46. The molecule has 2 N–H and O–H groups in total. The fraction of sp³-hybridized carbons (Fsp3) is 0.125. The molecule has 2 aromatic carbocycles. The Morgan fingerprint density at radius 2 is 1.75 bits per heavy atom. The molecule has 3 rings (SSSR count). The average Bonchev–Trinajstić information content (AvgIpc) is 2.85. The van der Waals surface area contributed by atoms with Crippen molar-refractivity contribution < 1.29 is 8.78 Å². The van der Waals surface area contributed by atoms with Gasteiger partial charge >= 0.3 is 0 Å². The maximum absolute atomic E-state index is 13.7. The van der Waals surface area contributed by atoms with Gasteiger partial charge in [0, 0.05) is 23.8 Å². The van der Waals surface area contributed by atoms with Gasteiger partial charge in [0.05, 0.1) is 6.54 Å². The van der Waals surface area contributed by atoms with Crippen LogP contribution in [0.25, 0.3) is 10.9 Å². The second-order valence-electron chi connectivity index (χ2n) is 4.74. The number of hydrogen-bond acceptors (Lipinski definition) is 1. The van der Waals surface area contributed by atoms with Crippen molar-refractivity contribution in [2.24, 2.45) is 5.73 Å². The molecular weight excluding hydrogens is 258 g/mol. The molecule has 20 heavy (non-hydrogen) atoms. The van der Waals surface area contributed by atoms with Gasteiger partial charge in [0.2, 0.25) is 0 Å². The second-order valence-corrected chi connectivity index (χ2v) is 4.74. The lowest BCUT2D eigenvalue weighted by Crippen LogP contribution is -2.03. The topological polar surface area (TPSA) is 30.9 Å². The molecule has 4 heteroatoms. The van der Waals surface area contributed by atoms with Gasteiger partial charge in [0.25, 0.3) is 0 Å². The normalized spacial score (nSPS) is 11.2. The summed E-state index contributed by atoms with van der Waals surface area (Å²) in [7, 11) is 0. The maximum atomic E-state index is 13.7. The van der Waals surface area contributed by atoms with Crippen molar-refractivity contribution >= 4 is 10.9 Å². The highest BCUT2D eigenvalue weighted by Crippen LogP contribution is 2.21. The van der Waals surface area contributed by atoms with Crippen molar-refractivity contribution in [1.82, 2.24) is 4.57 Å². The lowest BCUT2D eigenvalue weighted by atomic mass is 10.1. The Kier molecular flexibility index (Phi) is 3.24. The maximum Gasteiger partial charge on any atom is 0.131 e. The van der Waals surface area contributed by atoms with Crippen LogP contribution in [0, 0.1) is 11.6 Å². The Balaban J connectivity index is 2.03. The predicted molar refractivity (Wildman–Crippen MR) is 75.3 cm³/mol. The molecule has 0 saturated carbocycles. The van der Waals surface area contributed by atoms with Crippen LogP contribution in [0.5, 0.6) is 0 Å². The Hall–Kier alpha value is -2.20. The van der Waals surface area contributed by atoms with Gasteiger partial charge in [-0.1, -0.05) is 12.1 Å². The van der Waals surface area contributed by atoms with Crippen molar-refractivity contribution in [1.29, 1.82) is 0 Å². The Bertz CT molecular complexity index is 742. The lowest BCUT2D eigenvalue weighted by Gasteiger charge is -2.08. The standard InChI is InChI=1S/C16H14F2N2/c17-14-2-1-3-15(18)13(14)10-20-7-6-12-8-11(9-19)4-5-16(12)20/h1-8H,9-10,19H2. The number of benzene rings is 2. The van der Waals surface area contributed by atoms with Gasteiger partial charge in [-0.25, -0.2) is 8.78 Å². The molecule has 0 radical (unpaired) electrons. The van der Waals surface area contributed by atoms with Crippen LogP contribution in [0.15, 0.2) is 48.7 Å². The highest BCUT2D eigenvalue weighted by Gasteiger charge is 2.10. The zero-order valence-electron chi connectivity index (χ0n) is 10.8. The number of halogens is 2. The number of rotatable bonds is 3. The minimum Gasteiger partial charge on any atom is -0.343 e. The summed E-state index contributed by atoms with van der Waals surface area (Å²) in [6, 6.07) is 11.7. The number of nitrogens with two attached hydrogens (primary N) is 1. The highest BCUT2D eigenvalue weighted by molar-refractivity contribution is 5.81. The molecule has 1 aromatic heterocycles. The van der Waals surface area contributed by atoms with E-state index in [4.69, 9.17) is 5.73 Å². The van der Waals surface area contributed by atoms with Crippen LogP contribution in [0.3, 0.4) is 0 Å². The molecule has 0 saturated heterocycles. The van der Waals surface area contributed by atoms with E-state index in [1.54, 1.807) is 0 Å². The first-order valence-electron chi connectivity index (χ1n) is 6.40. The van der Waals surface area contributed by atoms with Crippen LogP contribution in [0.4, 0.5) is 8.78 Å². The van der Waals surface area contributed by atoms with E-state index in [1.807, 2.05) is 35.0 Å². The summed E-state index contributed by atoms with van der Waals surface area (Å²) in [5, 5.41) is 1.02. The average molecular weight is 272 g/mol. The van der Waals surface area contributed by atoms with Crippen molar-refractivity contribution in [2.75, 3.05) is 0 Å². The molecule has 0 amide bonds. The molecule has 0 aliphatic carbocycles. The van der Waals surface area contributed by atoms with Gasteiger partial charge in [-0.15, -0.1) is 0 Å². The molecule has 0 aliphatic heterocycles. The van der Waals surface area contributed by atoms with Crippen molar-refractivity contribution in [3.05, 3.63) is 71.4 Å². The van der Waals surface area contributed by atoms with E-state index >= 15 is 0 Å². The summed E-state index contributed by atoms with van der Waals surface area (Å²) in [6.07, 6.45) is 1.83. The zero-order valence-corrected chi connectivity index (χ0v) is 10.8. The first-order valence-corrected chi connectivity index (χ1v) is 6.40. The summed E-state index contributed by atoms with van der Waals surface area (Å²) in [5.74, 6) is -1.05. The van der Waals surface area contributed by atoms with Crippen LogP contribution in [0.1, 0.15) is 11.1 Å². The van der Waals surface area contributed by atoms with E-state index < -0.39 is 11.6 Å². The highest BCUT2D eigenvalue weighted by atomic mass is 19.1. The van der Waals surface area contributed by atoms with Crippen LogP contribution >= 0.6 is 0 Å². The smallest absolute Gasteiger partial charge is 0.131 e. The van der Waals surface area contributed by atoms with E-state index in [2.05, 4.69) is 0 Å². The Morgan fingerprint density at radius 1 is 1.00 bits per heavy atom. The summed E-state index contributed by atoms with van der Waals surface area (Å²) < 4.78 is 29.2. The third kappa shape index (κ3) is 2.18. The summed E-state index contributed by atoms with van der Waals surface area (Å²) in [4.78, 5) is 0. The zero-order chi connectivity index (χ0) is 14.1. The Labute approximate surface area is 115 Å². The van der Waals surface area contributed by atoms with Crippen molar-refractivity contribution in [3.63, 3.8) is 0 Å². The van der Waals surface area contributed by atoms with Crippen LogP contribution in [0.2, 0.25) is 0 Å². The Morgan fingerprint density at radius 3 is 2.45 bits per heavy atom. The third-order valence-electron chi connectivity index (χ3n) is 3.46. The summed E-state index contributed by atoms with van der Waals surface area (Å²) >= 11 is 0. The first-order chi connectivity index (χ1) is 9.69. The molecule has 0 spiro atoms. The van der Waals surface area contributed by atoms with Gasteiger partial charge in [-0.05, 0) is 41.3 Å². The lowest BCUT2D eigenvalue weighted by molar-refractivity contribution is 0.547. The minimum atomic E-state index is -0.523. The minimum absolute atomic E-state index is 0.0768. The second kappa shape index (κ2) is 5.06. The van der Waals surface area contributed by atoms with Gasteiger partial charge in [0.15, 0.2) is 0 Å². The van der Waals surface area contributed by atoms with E-state index in [9.17, 15) is 8.78 Å². The van der Waals surface area contributed by atoms with Gasteiger partial charge in [0.1, 0.15) is 11.6 Å². The SMILES string of the molecule is NCc1ccc2c(ccn2Cc2c(F)cccc2F)c1. The molecule has 0 atom stereocenters. The predicted octanol–water partition coefficient (Wildman–Crippen LogP) is 3.43. The van der Waals surface area contributed by atoms with Crippen LogP contribution in [-0.2, 0) is 13.1 Å². The van der Waals surface area contributed by atoms with E-state index in [-0.39, 0.29) is 12.1 Å². The first kappa shape index (κ1) is 12.8. The molecular formula is C16H14F2N2. The van der Waals surface area contributed by atoms with Gasteiger partial charge in [-0.2, -0.15) is 0 Å². The number of hydrogen-bond donors (Lipinski definition) is 1. The van der Waals surface area contributed by atoms with Crippen molar-refractivity contribution in [3.8, 4) is 0 Å². The summed E-state index contributed by atoms with van der Waals surface area (Å²) in [6.45, 7) is 0.646. The molecule has 0 unspecified atom stereocenters. The molecule has 0 aliphatic rings. The van der Waals surface area contributed by atoms with Crippen LogP contribution < -0.4 is 5.73 Å². The molecule has 1 heterocycles. The quantitative estimate of drug-likeness (QED) is 0.778. The molecule has 2 nitrogen and oxygen atoms in total. The molecule has 0 bridgehead atoms. The van der Waals surface area contributed by atoms with Gasteiger partial charge < -0.3 is 10.3 Å². The number of fused-ring (bicyclic) bond motifs is 1. The van der Waals surface area contributed by atoms with Gasteiger partial charge in [-0.3, -0.25) is 0 Å². The van der Waals surface area contributed by atoms with E-state index in [1.165, 1.54) is 18.2 Å². The molecule has 0 fully saturated rings. The molecule has 102 valence electrons. The fourth-order valence-electron chi connectivity index (χ4n) is 2.37. The van der Waals surface area contributed by atoms with E-state index in [0.717, 1.165) is 16.5 Å². The monoisotopic (exact) mass is 272 g/mol. The number of aromatic nitrogens is 1. The molecule has 3 aromatic rings. The van der Waals surface area contributed by atoms with Crippen LogP contribution in [-0.4, -0.2) is 4.57 Å². The van der Waals surface area contributed by atoms with E-state index in [0.29, 0.717) is 6.54 Å². The number of nitrogens with zero attached hydrogens (tertiary/aromatic N) is 1. The largest absolute Gasteiger partial charge is 0.343 e. The van der Waals surface area contributed by atoms with Crippen molar-refractivity contribution in [2.45, 2.75) is 13.1 Å².